The number of hydrogen-bond acceptors (Lipinski definition) is 6. The minimum Gasteiger partial charge on any atom is -0.458 e. The van der Waals surface area contributed by atoms with E-state index in [1.165, 1.54) is 16.4 Å². The fourth-order valence-electron chi connectivity index (χ4n) is 3.52. The van der Waals surface area contributed by atoms with Gasteiger partial charge >= 0.3 is 0 Å². The van der Waals surface area contributed by atoms with Crippen LogP contribution in [0.3, 0.4) is 0 Å². The SMILES string of the molecule is Cc1nc(-c2ccc(CNC(=O)C3CCN(S(=O)(=O)c4ccc(F)cc4)CC3)o2)cs1. The van der Waals surface area contributed by atoms with Gasteiger partial charge in [-0.25, -0.2) is 17.8 Å². The second-order valence-corrected chi connectivity index (χ2v) is 10.4. The summed E-state index contributed by atoms with van der Waals surface area (Å²) in [5.41, 5.74) is 0.773. The molecule has 0 bridgehead atoms. The number of nitrogens with zero attached hydrogens (tertiary/aromatic N) is 2. The smallest absolute Gasteiger partial charge is 0.243 e. The van der Waals surface area contributed by atoms with Crippen LogP contribution in [0.2, 0.25) is 0 Å². The first-order valence-corrected chi connectivity index (χ1v) is 12.2. The first-order chi connectivity index (χ1) is 14.8. The zero-order valence-corrected chi connectivity index (χ0v) is 18.5. The van der Waals surface area contributed by atoms with Gasteiger partial charge in [0.15, 0.2) is 5.76 Å². The molecule has 1 N–H and O–H groups in total. The quantitative estimate of drug-likeness (QED) is 0.603. The highest BCUT2D eigenvalue weighted by atomic mass is 32.2. The van der Waals surface area contributed by atoms with Gasteiger partial charge in [0.1, 0.15) is 17.3 Å². The Morgan fingerprint density at radius 3 is 2.58 bits per heavy atom. The van der Waals surface area contributed by atoms with E-state index >= 15 is 0 Å². The molecule has 164 valence electrons. The lowest BCUT2D eigenvalue weighted by molar-refractivity contribution is -0.126. The van der Waals surface area contributed by atoms with Crippen molar-refractivity contribution in [3.8, 4) is 11.5 Å². The Morgan fingerprint density at radius 2 is 1.94 bits per heavy atom. The second-order valence-electron chi connectivity index (χ2n) is 7.37. The maximum atomic E-state index is 13.1. The van der Waals surface area contributed by atoms with Gasteiger partial charge in [0, 0.05) is 24.4 Å². The number of carbonyl (C=O) groups excluding carboxylic acids is 1. The lowest BCUT2D eigenvalue weighted by atomic mass is 9.97. The predicted molar refractivity (Wildman–Crippen MR) is 114 cm³/mol. The van der Waals surface area contributed by atoms with Crippen LogP contribution in [0.25, 0.3) is 11.5 Å². The number of carbonyl (C=O) groups is 1. The van der Waals surface area contributed by atoms with E-state index in [0.717, 1.165) is 22.8 Å². The van der Waals surface area contributed by atoms with Crippen molar-refractivity contribution in [2.45, 2.75) is 31.2 Å². The largest absolute Gasteiger partial charge is 0.458 e. The van der Waals surface area contributed by atoms with Crippen molar-refractivity contribution >= 4 is 27.3 Å². The fourth-order valence-corrected chi connectivity index (χ4v) is 5.59. The molecule has 2 aromatic heterocycles. The summed E-state index contributed by atoms with van der Waals surface area (Å²) < 4.78 is 45.6. The topological polar surface area (TPSA) is 92.5 Å². The maximum Gasteiger partial charge on any atom is 0.243 e. The number of hydrogen-bond donors (Lipinski definition) is 1. The Labute approximate surface area is 184 Å². The van der Waals surface area contributed by atoms with Crippen LogP contribution < -0.4 is 5.32 Å². The highest BCUT2D eigenvalue weighted by molar-refractivity contribution is 7.89. The molecule has 0 unspecified atom stereocenters. The monoisotopic (exact) mass is 463 g/mol. The van der Waals surface area contributed by atoms with Gasteiger partial charge < -0.3 is 9.73 Å². The maximum absolute atomic E-state index is 13.1. The standard InChI is InChI=1S/C21H22FN3O4S2/c1-14-24-19(13-30-14)20-7-4-17(29-20)12-23-21(26)15-8-10-25(11-9-15)31(27,28)18-5-2-16(22)3-6-18/h2-7,13,15H,8-12H2,1H3,(H,23,26). The Hall–Kier alpha value is -2.56. The molecule has 3 heterocycles. The minimum absolute atomic E-state index is 0.0562. The average Bonchev–Trinajstić information content (AvgIpc) is 3.41. The molecule has 0 saturated carbocycles. The molecule has 0 radical (unpaired) electrons. The van der Waals surface area contributed by atoms with Crippen molar-refractivity contribution in [3.05, 3.63) is 58.4 Å². The summed E-state index contributed by atoms with van der Waals surface area (Å²) in [6, 6.07) is 8.41. The molecule has 3 aromatic rings. The molecule has 4 rings (SSSR count). The van der Waals surface area contributed by atoms with Crippen LogP contribution in [0.5, 0.6) is 0 Å². The van der Waals surface area contributed by atoms with Crippen molar-refractivity contribution in [3.63, 3.8) is 0 Å². The van der Waals surface area contributed by atoms with Gasteiger partial charge in [-0.2, -0.15) is 4.31 Å². The number of benzene rings is 1. The Kier molecular flexibility index (Phi) is 6.22. The molecule has 31 heavy (non-hydrogen) atoms. The molecule has 0 atom stereocenters. The first-order valence-electron chi connectivity index (χ1n) is 9.87. The summed E-state index contributed by atoms with van der Waals surface area (Å²) in [5, 5.41) is 5.74. The van der Waals surface area contributed by atoms with Crippen molar-refractivity contribution in [2.24, 2.45) is 5.92 Å². The third kappa shape index (κ3) is 4.86. The number of aryl methyl sites for hydroxylation is 1. The van der Waals surface area contributed by atoms with E-state index in [9.17, 15) is 17.6 Å². The van der Waals surface area contributed by atoms with Gasteiger partial charge in [-0.05, 0) is 56.2 Å². The van der Waals surface area contributed by atoms with Crippen LogP contribution in [-0.4, -0.2) is 36.7 Å². The summed E-state index contributed by atoms with van der Waals surface area (Å²) in [6.07, 6.45) is 0.849. The Balaban J connectivity index is 1.29. The Bertz CT molecular complexity index is 1160. The van der Waals surface area contributed by atoms with Crippen molar-refractivity contribution in [2.75, 3.05) is 13.1 Å². The molecule has 1 amide bonds. The van der Waals surface area contributed by atoms with Crippen molar-refractivity contribution in [1.29, 1.82) is 0 Å². The number of nitrogens with one attached hydrogen (secondary N) is 1. The minimum atomic E-state index is -3.69. The van der Waals surface area contributed by atoms with Gasteiger partial charge in [-0.15, -0.1) is 11.3 Å². The van der Waals surface area contributed by atoms with Crippen LogP contribution in [0, 0.1) is 18.7 Å². The molecular weight excluding hydrogens is 441 g/mol. The lowest BCUT2D eigenvalue weighted by Crippen LogP contribution is -2.42. The first kappa shape index (κ1) is 21.7. The van der Waals surface area contributed by atoms with Gasteiger partial charge in [0.05, 0.1) is 16.4 Å². The van der Waals surface area contributed by atoms with Crippen LogP contribution in [0.4, 0.5) is 4.39 Å². The molecule has 1 aliphatic heterocycles. The van der Waals surface area contributed by atoms with Crippen LogP contribution in [0.1, 0.15) is 23.6 Å². The van der Waals surface area contributed by atoms with E-state index < -0.39 is 15.8 Å². The van der Waals surface area contributed by atoms with Gasteiger partial charge in [-0.3, -0.25) is 4.79 Å². The van der Waals surface area contributed by atoms with Gasteiger partial charge in [-0.1, -0.05) is 0 Å². The van der Waals surface area contributed by atoms with Gasteiger partial charge in [0.2, 0.25) is 15.9 Å². The van der Waals surface area contributed by atoms with Crippen molar-refractivity contribution in [1.82, 2.24) is 14.6 Å². The summed E-state index contributed by atoms with van der Waals surface area (Å²) in [5.74, 6) is 0.412. The zero-order chi connectivity index (χ0) is 22.0. The number of piperidine rings is 1. The number of rotatable bonds is 6. The second kappa shape index (κ2) is 8.89. The summed E-state index contributed by atoms with van der Waals surface area (Å²) in [6.45, 7) is 2.67. The third-order valence-corrected chi connectivity index (χ3v) is 7.93. The van der Waals surface area contributed by atoms with Gasteiger partial charge in [0.25, 0.3) is 0 Å². The van der Waals surface area contributed by atoms with E-state index in [2.05, 4.69) is 10.3 Å². The molecule has 0 aliphatic carbocycles. The highest BCUT2D eigenvalue weighted by Gasteiger charge is 2.32. The fraction of sp³-hybridized carbons (Fsp3) is 0.333. The Morgan fingerprint density at radius 1 is 1.23 bits per heavy atom. The molecule has 1 aromatic carbocycles. The molecule has 0 spiro atoms. The van der Waals surface area contributed by atoms with E-state index in [1.54, 1.807) is 11.3 Å². The number of amides is 1. The van der Waals surface area contributed by atoms with Crippen LogP contribution in [0.15, 0.2) is 51.1 Å². The molecule has 7 nitrogen and oxygen atoms in total. The zero-order valence-electron chi connectivity index (χ0n) is 16.9. The average molecular weight is 464 g/mol. The summed E-state index contributed by atoms with van der Waals surface area (Å²) >= 11 is 1.54. The lowest BCUT2D eigenvalue weighted by Gasteiger charge is -2.30. The summed E-state index contributed by atoms with van der Waals surface area (Å²) in [7, 11) is -3.69. The normalized spacial score (nSPS) is 15.8. The molecule has 1 aliphatic rings. The summed E-state index contributed by atoms with van der Waals surface area (Å²) in [4.78, 5) is 17.0. The van der Waals surface area contributed by atoms with E-state index in [1.807, 2.05) is 24.4 Å². The van der Waals surface area contributed by atoms with Crippen molar-refractivity contribution < 1.29 is 22.0 Å². The number of furan rings is 1. The molecule has 1 fully saturated rings. The number of thiazole rings is 1. The number of halogens is 1. The third-order valence-electron chi connectivity index (χ3n) is 5.25. The van der Waals surface area contributed by atoms with E-state index in [4.69, 9.17) is 4.42 Å². The predicted octanol–water partition coefficient (Wildman–Crippen LogP) is 3.57. The molecule has 1 saturated heterocycles. The highest BCUT2D eigenvalue weighted by Crippen LogP contribution is 2.25. The number of sulfonamides is 1. The molecule has 10 heteroatoms. The van der Waals surface area contributed by atoms with E-state index in [0.29, 0.717) is 24.4 Å². The number of aromatic nitrogens is 1. The molecular formula is C21H22FN3O4S2. The van der Waals surface area contributed by atoms with Crippen LogP contribution in [-0.2, 0) is 21.4 Å². The van der Waals surface area contributed by atoms with E-state index in [-0.39, 0.29) is 36.4 Å². The van der Waals surface area contributed by atoms with Crippen LogP contribution >= 0.6 is 11.3 Å².